The first-order chi connectivity index (χ1) is 11.2. The maximum atomic E-state index is 10.4. The Morgan fingerprint density at radius 2 is 1.96 bits per heavy atom. The van der Waals surface area contributed by atoms with E-state index in [0.717, 1.165) is 27.4 Å². The minimum Gasteiger partial charge on any atom is -0.312 e. The number of imidazole rings is 1. The SMILES string of the molecule is C1CC1.Cc1c(Cl)cccc1-c1ccc2nc(NC=O)cn2c1. The summed E-state index contributed by atoms with van der Waals surface area (Å²) in [6, 6.07) is 9.74. The second-order valence-corrected chi connectivity index (χ2v) is 5.95. The van der Waals surface area contributed by atoms with Gasteiger partial charge >= 0.3 is 0 Å². The number of fused-ring (bicyclic) bond motifs is 1. The molecule has 118 valence electrons. The molecule has 3 aromatic rings. The Balaban J connectivity index is 0.000000468. The fourth-order valence-corrected chi connectivity index (χ4v) is 2.38. The van der Waals surface area contributed by atoms with Gasteiger partial charge in [0.2, 0.25) is 6.41 Å². The third-order valence-electron chi connectivity index (χ3n) is 3.59. The van der Waals surface area contributed by atoms with Gasteiger partial charge in [0.1, 0.15) is 5.65 Å². The zero-order chi connectivity index (χ0) is 16.2. The van der Waals surface area contributed by atoms with Gasteiger partial charge < -0.3 is 9.72 Å². The van der Waals surface area contributed by atoms with Gasteiger partial charge in [-0.15, -0.1) is 0 Å². The number of halogens is 1. The van der Waals surface area contributed by atoms with Crippen LogP contribution in [0, 0.1) is 6.92 Å². The summed E-state index contributed by atoms with van der Waals surface area (Å²) in [7, 11) is 0. The Kier molecular flexibility index (Phi) is 4.63. The van der Waals surface area contributed by atoms with Gasteiger partial charge in [0, 0.05) is 11.2 Å². The van der Waals surface area contributed by atoms with E-state index in [-0.39, 0.29) is 0 Å². The second kappa shape index (κ2) is 6.84. The molecule has 4 rings (SSSR count). The average Bonchev–Trinajstić information content (AvgIpc) is 3.37. The lowest BCUT2D eigenvalue weighted by atomic mass is 10.0. The van der Waals surface area contributed by atoms with Gasteiger partial charge in [0.15, 0.2) is 5.82 Å². The van der Waals surface area contributed by atoms with E-state index in [0.29, 0.717) is 12.2 Å². The van der Waals surface area contributed by atoms with Gasteiger partial charge in [-0.25, -0.2) is 4.98 Å². The Hall–Kier alpha value is -2.33. The lowest BCUT2D eigenvalue weighted by Gasteiger charge is -2.08. The molecule has 0 unspecified atom stereocenters. The fraction of sp³-hybridized carbons (Fsp3) is 0.222. The van der Waals surface area contributed by atoms with Crippen molar-refractivity contribution in [3.05, 3.63) is 53.3 Å². The van der Waals surface area contributed by atoms with Gasteiger partial charge in [-0.05, 0) is 41.8 Å². The maximum Gasteiger partial charge on any atom is 0.212 e. The Morgan fingerprint density at radius 3 is 2.65 bits per heavy atom. The number of anilines is 1. The number of hydrogen-bond donors (Lipinski definition) is 1. The molecule has 1 fully saturated rings. The van der Waals surface area contributed by atoms with Crippen LogP contribution in [0.5, 0.6) is 0 Å². The van der Waals surface area contributed by atoms with Crippen LogP contribution in [0.4, 0.5) is 5.82 Å². The third kappa shape index (κ3) is 3.71. The van der Waals surface area contributed by atoms with E-state index in [9.17, 15) is 4.79 Å². The summed E-state index contributed by atoms with van der Waals surface area (Å²) < 4.78 is 1.88. The molecule has 2 aromatic heterocycles. The molecule has 5 heteroatoms. The third-order valence-corrected chi connectivity index (χ3v) is 4.00. The summed E-state index contributed by atoms with van der Waals surface area (Å²) in [5, 5.41) is 3.29. The van der Waals surface area contributed by atoms with Crippen LogP contribution >= 0.6 is 11.6 Å². The largest absolute Gasteiger partial charge is 0.312 e. The van der Waals surface area contributed by atoms with Crippen LogP contribution < -0.4 is 5.32 Å². The molecule has 0 bridgehead atoms. The fourth-order valence-electron chi connectivity index (χ4n) is 2.20. The quantitative estimate of drug-likeness (QED) is 0.709. The molecule has 1 aliphatic carbocycles. The van der Waals surface area contributed by atoms with E-state index in [2.05, 4.69) is 10.3 Å². The maximum absolute atomic E-state index is 10.4. The number of amides is 1. The van der Waals surface area contributed by atoms with E-state index in [1.807, 2.05) is 47.9 Å². The van der Waals surface area contributed by atoms with Crippen LogP contribution in [0.15, 0.2) is 42.7 Å². The normalized spacial score (nSPS) is 12.4. The topological polar surface area (TPSA) is 46.4 Å². The summed E-state index contributed by atoms with van der Waals surface area (Å²) in [6.07, 6.45) is 8.86. The molecule has 1 amide bonds. The summed E-state index contributed by atoms with van der Waals surface area (Å²) in [5.74, 6) is 0.528. The van der Waals surface area contributed by atoms with E-state index >= 15 is 0 Å². The molecule has 1 saturated carbocycles. The molecule has 2 heterocycles. The van der Waals surface area contributed by atoms with E-state index in [1.54, 1.807) is 6.20 Å². The molecule has 0 saturated heterocycles. The van der Waals surface area contributed by atoms with Crippen molar-refractivity contribution in [3.63, 3.8) is 0 Å². The van der Waals surface area contributed by atoms with Gasteiger partial charge in [0.05, 0.1) is 6.20 Å². The number of nitrogens with one attached hydrogen (secondary N) is 1. The molecular weight excluding hydrogens is 310 g/mol. The predicted molar refractivity (Wildman–Crippen MR) is 93.9 cm³/mol. The van der Waals surface area contributed by atoms with Crippen LogP contribution in [0.25, 0.3) is 16.8 Å². The van der Waals surface area contributed by atoms with Gasteiger partial charge in [0.25, 0.3) is 0 Å². The standard InChI is InChI=1S/C15H12ClN3O.C3H6/c1-10-12(3-2-4-13(10)16)11-5-6-15-18-14(17-9-20)8-19(15)7-11;1-2-3-1/h2-9H,1H3,(H,17,20);1-3H2. The highest BCUT2D eigenvalue weighted by Gasteiger charge is 2.07. The number of nitrogens with zero attached hydrogens (tertiary/aromatic N) is 2. The van der Waals surface area contributed by atoms with Crippen LogP contribution in [-0.2, 0) is 4.79 Å². The minimum absolute atomic E-state index is 0.528. The van der Waals surface area contributed by atoms with E-state index in [1.165, 1.54) is 19.3 Å². The lowest BCUT2D eigenvalue weighted by Crippen LogP contribution is -1.92. The zero-order valence-electron chi connectivity index (χ0n) is 12.9. The monoisotopic (exact) mass is 327 g/mol. The van der Waals surface area contributed by atoms with Crippen molar-refractivity contribution >= 4 is 29.5 Å². The Labute approximate surface area is 140 Å². The predicted octanol–water partition coefficient (Wildman–Crippen LogP) is 4.70. The van der Waals surface area contributed by atoms with Crippen molar-refractivity contribution in [2.45, 2.75) is 26.2 Å². The van der Waals surface area contributed by atoms with Crippen LogP contribution in [-0.4, -0.2) is 15.8 Å². The molecule has 4 nitrogen and oxygen atoms in total. The number of aromatic nitrogens is 2. The molecule has 1 N–H and O–H groups in total. The van der Waals surface area contributed by atoms with Crippen molar-refractivity contribution < 1.29 is 4.79 Å². The van der Waals surface area contributed by atoms with Crippen molar-refractivity contribution in [2.75, 3.05) is 5.32 Å². The number of rotatable bonds is 3. The molecule has 1 aromatic carbocycles. The Morgan fingerprint density at radius 1 is 1.17 bits per heavy atom. The number of hydrogen-bond acceptors (Lipinski definition) is 2. The smallest absolute Gasteiger partial charge is 0.212 e. The number of pyridine rings is 1. The van der Waals surface area contributed by atoms with Crippen molar-refractivity contribution in [2.24, 2.45) is 0 Å². The average molecular weight is 328 g/mol. The molecule has 0 radical (unpaired) electrons. The van der Waals surface area contributed by atoms with Crippen LogP contribution in [0.3, 0.4) is 0 Å². The summed E-state index contributed by atoms with van der Waals surface area (Å²) >= 11 is 6.16. The molecule has 0 spiro atoms. The van der Waals surface area contributed by atoms with Crippen LogP contribution in [0.2, 0.25) is 5.02 Å². The second-order valence-electron chi connectivity index (χ2n) is 5.54. The number of carbonyl (C=O) groups excluding carboxylic acids is 1. The van der Waals surface area contributed by atoms with Gasteiger partial charge in [-0.2, -0.15) is 0 Å². The molecule has 0 aliphatic heterocycles. The van der Waals surface area contributed by atoms with Gasteiger partial charge in [-0.3, -0.25) is 4.79 Å². The van der Waals surface area contributed by atoms with E-state index in [4.69, 9.17) is 11.6 Å². The first-order valence-electron chi connectivity index (χ1n) is 7.63. The molecular formula is C18H18ClN3O. The summed E-state index contributed by atoms with van der Waals surface area (Å²) in [4.78, 5) is 14.7. The summed E-state index contributed by atoms with van der Waals surface area (Å²) in [5.41, 5.74) is 3.95. The Bertz CT molecular complexity index is 837. The first kappa shape index (κ1) is 15.6. The first-order valence-corrected chi connectivity index (χ1v) is 8.01. The minimum atomic E-state index is 0.528. The van der Waals surface area contributed by atoms with Crippen molar-refractivity contribution in [1.29, 1.82) is 0 Å². The van der Waals surface area contributed by atoms with Crippen molar-refractivity contribution in [3.8, 4) is 11.1 Å². The van der Waals surface area contributed by atoms with Crippen LogP contribution in [0.1, 0.15) is 24.8 Å². The zero-order valence-corrected chi connectivity index (χ0v) is 13.7. The highest BCUT2D eigenvalue weighted by molar-refractivity contribution is 6.31. The lowest BCUT2D eigenvalue weighted by molar-refractivity contribution is -0.105. The highest BCUT2D eigenvalue weighted by atomic mass is 35.5. The highest BCUT2D eigenvalue weighted by Crippen LogP contribution is 2.28. The number of carbonyl (C=O) groups is 1. The van der Waals surface area contributed by atoms with E-state index < -0.39 is 0 Å². The molecule has 0 atom stereocenters. The van der Waals surface area contributed by atoms with Gasteiger partial charge in [-0.1, -0.05) is 43.0 Å². The number of benzene rings is 1. The summed E-state index contributed by atoms with van der Waals surface area (Å²) in [6.45, 7) is 2.00. The molecule has 1 aliphatic rings. The van der Waals surface area contributed by atoms with Crippen molar-refractivity contribution in [1.82, 2.24) is 9.38 Å². The molecule has 23 heavy (non-hydrogen) atoms.